The minimum absolute atomic E-state index is 0.133. The molecule has 0 aromatic rings. The molecule has 0 N–H and O–H groups in total. The molecule has 69 heavy (non-hydrogen) atoms. The quantitative estimate of drug-likeness (QED) is 0.0199. The molecule has 0 aliphatic heterocycles. The number of esters is 3. The van der Waals surface area contributed by atoms with Crippen LogP contribution < -0.4 is 0 Å². The first kappa shape index (κ1) is 64.0. The van der Waals surface area contributed by atoms with Crippen LogP contribution in [0.2, 0.25) is 0 Å². The lowest BCUT2D eigenvalue weighted by atomic mass is 10.1. The molecule has 0 saturated heterocycles. The van der Waals surface area contributed by atoms with Crippen LogP contribution in [-0.4, -0.2) is 37.2 Å². The van der Waals surface area contributed by atoms with Gasteiger partial charge in [0, 0.05) is 19.3 Å². The zero-order chi connectivity index (χ0) is 50.0. The minimum Gasteiger partial charge on any atom is -0.462 e. The minimum atomic E-state index is -0.836. The Morgan fingerprint density at radius 1 is 0.319 bits per heavy atom. The molecular weight excluding hydrogens is 853 g/mol. The van der Waals surface area contributed by atoms with Crippen molar-refractivity contribution < 1.29 is 28.6 Å². The Morgan fingerprint density at radius 2 is 0.667 bits per heavy atom. The fourth-order valence-corrected chi connectivity index (χ4v) is 6.70. The van der Waals surface area contributed by atoms with E-state index < -0.39 is 6.10 Å². The Hall–Kier alpha value is -4.97. The second kappa shape index (κ2) is 55.6. The average Bonchev–Trinajstić information content (AvgIpc) is 3.35. The molecular formula is C63H96O6. The molecule has 1 atom stereocenters. The van der Waals surface area contributed by atoms with Crippen molar-refractivity contribution in [1.29, 1.82) is 0 Å². The third kappa shape index (κ3) is 53.8. The van der Waals surface area contributed by atoms with Crippen molar-refractivity contribution >= 4 is 17.9 Å². The largest absolute Gasteiger partial charge is 0.462 e. The maximum Gasteiger partial charge on any atom is 0.306 e. The van der Waals surface area contributed by atoms with E-state index in [2.05, 4.69) is 99.8 Å². The summed E-state index contributed by atoms with van der Waals surface area (Å²) in [6, 6.07) is 0. The topological polar surface area (TPSA) is 78.9 Å². The van der Waals surface area contributed by atoms with E-state index in [1.807, 2.05) is 79.0 Å². The SMILES string of the molecule is CC\C=C/C=C\C=C/C=C\C=C\C=C/C=C\CCCCCC(=O)OCC(COC(=O)CC/C=C\C/C=C\CCCCCCCC)OC(=O)CCCCCCCC/C=C\C/C=C\C/C=C\C/C=C\CC. The van der Waals surface area contributed by atoms with Gasteiger partial charge in [-0.15, -0.1) is 0 Å². The van der Waals surface area contributed by atoms with Crippen molar-refractivity contribution in [3.63, 3.8) is 0 Å². The Labute approximate surface area is 422 Å². The highest BCUT2D eigenvalue weighted by Crippen LogP contribution is 2.12. The lowest BCUT2D eigenvalue weighted by molar-refractivity contribution is -0.166. The number of carbonyl (C=O) groups excluding carboxylic acids is 3. The van der Waals surface area contributed by atoms with Crippen molar-refractivity contribution in [1.82, 2.24) is 0 Å². The Kier molecular flexibility index (Phi) is 51.6. The fraction of sp³-hybridized carbons (Fsp3) is 0.540. The van der Waals surface area contributed by atoms with Gasteiger partial charge in [0.25, 0.3) is 0 Å². The van der Waals surface area contributed by atoms with Gasteiger partial charge < -0.3 is 14.2 Å². The number of ether oxygens (including phenoxy) is 3. The summed E-state index contributed by atoms with van der Waals surface area (Å²) >= 11 is 0. The van der Waals surface area contributed by atoms with Gasteiger partial charge in [-0.05, 0) is 96.3 Å². The van der Waals surface area contributed by atoms with E-state index in [1.165, 1.54) is 51.4 Å². The second-order valence-electron chi connectivity index (χ2n) is 17.2. The van der Waals surface area contributed by atoms with Crippen LogP contribution in [0.5, 0.6) is 0 Å². The van der Waals surface area contributed by atoms with Crippen molar-refractivity contribution in [3.05, 3.63) is 158 Å². The highest BCUT2D eigenvalue weighted by Gasteiger charge is 2.19. The molecule has 0 aliphatic carbocycles. The van der Waals surface area contributed by atoms with E-state index in [-0.39, 0.29) is 50.4 Å². The molecule has 0 spiro atoms. The van der Waals surface area contributed by atoms with Gasteiger partial charge in [0.2, 0.25) is 0 Å². The van der Waals surface area contributed by atoms with E-state index in [1.54, 1.807) is 0 Å². The zero-order valence-electron chi connectivity index (χ0n) is 43.8. The van der Waals surface area contributed by atoms with Crippen LogP contribution in [0.25, 0.3) is 0 Å². The molecule has 0 heterocycles. The van der Waals surface area contributed by atoms with E-state index in [9.17, 15) is 14.4 Å². The molecule has 384 valence electrons. The van der Waals surface area contributed by atoms with Gasteiger partial charge in [0.05, 0.1) is 0 Å². The fourth-order valence-electron chi connectivity index (χ4n) is 6.70. The average molecular weight is 949 g/mol. The third-order valence-corrected chi connectivity index (χ3v) is 10.7. The van der Waals surface area contributed by atoms with Crippen molar-refractivity contribution in [2.45, 2.75) is 207 Å². The van der Waals surface area contributed by atoms with Gasteiger partial charge in [-0.2, -0.15) is 0 Å². The maximum atomic E-state index is 12.8. The molecule has 6 nitrogen and oxygen atoms in total. The van der Waals surface area contributed by atoms with Crippen molar-refractivity contribution in [3.8, 4) is 0 Å². The number of unbranched alkanes of at least 4 members (excludes halogenated alkanes) is 15. The van der Waals surface area contributed by atoms with Gasteiger partial charge in [-0.25, -0.2) is 0 Å². The predicted octanol–water partition coefficient (Wildman–Crippen LogP) is 18.2. The monoisotopic (exact) mass is 949 g/mol. The van der Waals surface area contributed by atoms with Crippen LogP contribution in [0.4, 0.5) is 0 Å². The molecule has 0 rings (SSSR count). The van der Waals surface area contributed by atoms with Crippen LogP contribution in [0.3, 0.4) is 0 Å². The molecule has 0 radical (unpaired) electrons. The van der Waals surface area contributed by atoms with Crippen molar-refractivity contribution in [2.24, 2.45) is 0 Å². The first-order chi connectivity index (χ1) is 34.0. The normalized spacial score (nSPS) is 13.4. The van der Waals surface area contributed by atoms with E-state index in [0.717, 1.165) is 96.3 Å². The van der Waals surface area contributed by atoms with Crippen LogP contribution in [0.15, 0.2) is 158 Å². The summed E-state index contributed by atoms with van der Waals surface area (Å²) in [7, 11) is 0. The summed E-state index contributed by atoms with van der Waals surface area (Å²) in [6.07, 6.45) is 80.9. The number of hydrogen-bond donors (Lipinski definition) is 0. The molecule has 0 aromatic carbocycles. The number of rotatable bonds is 46. The van der Waals surface area contributed by atoms with E-state index in [0.29, 0.717) is 12.8 Å². The van der Waals surface area contributed by atoms with Crippen LogP contribution >= 0.6 is 0 Å². The van der Waals surface area contributed by atoms with Crippen LogP contribution in [0.1, 0.15) is 201 Å². The van der Waals surface area contributed by atoms with E-state index in [4.69, 9.17) is 14.2 Å². The summed E-state index contributed by atoms with van der Waals surface area (Å²) < 4.78 is 16.7. The van der Waals surface area contributed by atoms with Crippen LogP contribution in [-0.2, 0) is 28.6 Å². The maximum absolute atomic E-state index is 12.8. The third-order valence-electron chi connectivity index (χ3n) is 10.7. The molecule has 0 fully saturated rings. The standard InChI is InChI=1S/C63H96O6/c1-4-7-10-13-16-19-22-25-27-29-31-33-35-38-41-44-47-50-53-56-62(65)68-59-60(58-67-61(64)55-52-49-46-43-40-37-24-21-18-15-12-9-6-3)69-63(66)57-54-51-48-45-42-39-36-34-32-30-28-26-23-20-17-14-11-8-5-2/h7-8,10-11,13,16-17,19-20,22,25-29,31-35,37-38,40-41,46,49,60H,4-6,9,12,14-15,18,21,23-24,30,36,39,42-45,47-48,50-59H2,1-3H3/b10-7-,11-8-,16-13-,20-17-,22-19-,27-25-,28-26-,31-29+,34-32-,35-33-,40-37-,41-38-,49-46-. The molecule has 6 heteroatoms. The zero-order valence-corrected chi connectivity index (χ0v) is 43.8. The summed E-state index contributed by atoms with van der Waals surface area (Å²) in [4.78, 5) is 38.0. The first-order valence-electron chi connectivity index (χ1n) is 27.1. The Morgan fingerprint density at radius 3 is 1.16 bits per heavy atom. The number of allylic oxidation sites excluding steroid dienone is 26. The van der Waals surface area contributed by atoms with Gasteiger partial charge in [0.15, 0.2) is 6.10 Å². The summed E-state index contributed by atoms with van der Waals surface area (Å²) in [5, 5.41) is 0. The Balaban J connectivity index is 4.60. The highest BCUT2D eigenvalue weighted by molar-refractivity contribution is 5.71. The Bertz CT molecular complexity index is 1610. The molecule has 0 saturated carbocycles. The molecule has 0 amide bonds. The molecule has 0 aliphatic rings. The van der Waals surface area contributed by atoms with Crippen LogP contribution in [0, 0.1) is 0 Å². The smallest absolute Gasteiger partial charge is 0.306 e. The summed E-state index contributed by atoms with van der Waals surface area (Å²) in [5.41, 5.74) is 0. The molecule has 0 bridgehead atoms. The van der Waals surface area contributed by atoms with E-state index >= 15 is 0 Å². The molecule has 1 unspecified atom stereocenters. The number of hydrogen-bond acceptors (Lipinski definition) is 6. The van der Waals surface area contributed by atoms with Gasteiger partial charge in [-0.3, -0.25) is 14.4 Å². The highest BCUT2D eigenvalue weighted by atomic mass is 16.6. The number of carbonyl (C=O) groups is 3. The van der Waals surface area contributed by atoms with Gasteiger partial charge >= 0.3 is 17.9 Å². The lowest BCUT2D eigenvalue weighted by Gasteiger charge is -2.18. The van der Waals surface area contributed by atoms with Gasteiger partial charge in [0.1, 0.15) is 13.2 Å². The molecule has 0 aromatic heterocycles. The summed E-state index contributed by atoms with van der Waals surface area (Å²) in [6.45, 7) is 6.24. The second-order valence-corrected chi connectivity index (χ2v) is 17.2. The lowest BCUT2D eigenvalue weighted by Crippen LogP contribution is -2.30. The van der Waals surface area contributed by atoms with Gasteiger partial charge in [-0.1, -0.05) is 243 Å². The predicted molar refractivity (Wildman–Crippen MR) is 297 cm³/mol. The summed E-state index contributed by atoms with van der Waals surface area (Å²) in [5.74, 6) is -1.07. The van der Waals surface area contributed by atoms with Crippen molar-refractivity contribution in [2.75, 3.05) is 13.2 Å². The first-order valence-corrected chi connectivity index (χ1v) is 27.1.